The first-order chi connectivity index (χ1) is 13.1. The van der Waals surface area contributed by atoms with Crippen molar-refractivity contribution < 1.29 is 13.9 Å². The van der Waals surface area contributed by atoms with E-state index < -0.39 is 5.91 Å². The second-order valence-electron chi connectivity index (χ2n) is 6.31. The molecule has 0 fully saturated rings. The van der Waals surface area contributed by atoms with Gasteiger partial charge in [-0.3, -0.25) is 4.79 Å². The van der Waals surface area contributed by atoms with E-state index in [2.05, 4.69) is 34.7 Å². The van der Waals surface area contributed by atoms with Crippen LogP contribution in [0.4, 0.5) is 0 Å². The van der Waals surface area contributed by atoms with E-state index in [9.17, 15) is 4.79 Å². The Morgan fingerprint density at radius 2 is 2.00 bits per heavy atom. The Balaban J connectivity index is 1.75. The summed E-state index contributed by atoms with van der Waals surface area (Å²) in [5.41, 5.74) is 6.35. The number of nitrogens with two attached hydrogens (primary N) is 1. The molecule has 1 unspecified atom stereocenters. The molecule has 146 valence electrons. The molecule has 7 heteroatoms. The Labute approximate surface area is 160 Å². The second kappa shape index (κ2) is 11.0. The number of hydrogen-bond acceptors (Lipinski definition) is 4. The van der Waals surface area contributed by atoms with E-state index >= 15 is 0 Å². The van der Waals surface area contributed by atoms with E-state index in [-0.39, 0.29) is 5.76 Å². The minimum absolute atomic E-state index is 0.141. The first-order valence-electron chi connectivity index (χ1n) is 9.10. The van der Waals surface area contributed by atoms with Crippen LogP contribution in [-0.4, -0.2) is 31.6 Å². The molecule has 4 N–H and O–H groups in total. The van der Waals surface area contributed by atoms with Gasteiger partial charge in [0.15, 0.2) is 11.7 Å². The summed E-state index contributed by atoms with van der Waals surface area (Å²) in [4.78, 5) is 15.5. The summed E-state index contributed by atoms with van der Waals surface area (Å²) in [6, 6.07) is 13.4. The van der Waals surface area contributed by atoms with Gasteiger partial charge in [-0.05, 0) is 30.5 Å². The van der Waals surface area contributed by atoms with E-state index in [1.54, 1.807) is 12.1 Å². The van der Waals surface area contributed by atoms with Gasteiger partial charge in [-0.1, -0.05) is 37.3 Å². The lowest BCUT2D eigenvalue weighted by Gasteiger charge is -2.16. The second-order valence-corrected chi connectivity index (χ2v) is 6.31. The van der Waals surface area contributed by atoms with E-state index in [0.717, 1.165) is 13.1 Å². The Morgan fingerprint density at radius 3 is 2.67 bits per heavy atom. The maximum absolute atomic E-state index is 11.1. The average molecular weight is 372 g/mol. The number of rotatable bonds is 10. The molecule has 1 aromatic carbocycles. The first kappa shape index (κ1) is 20.5. The Kier molecular flexibility index (Phi) is 8.38. The lowest BCUT2D eigenvalue weighted by atomic mass is 10.2. The van der Waals surface area contributed by atoms with Crippen LogP contribution in [0.3, 0.4) is 0 Å². The number of carbonyl (C=O) groups is 1. The van der Waals surface area contributed by atoms with E-state index in [1.807, 2.05) is 25.1 Å². The van der Waals surface area contributed by atoms with Crippen molar-refractivity contribution >= 4 is 11.9 Å². The Morgan fingerprint density at radius 1 is 1.22 bits per heavy atom. The van der Waals surface area contributed by atoms with E-state index in [0.29, 0.717) is 37.4 Å². The molecule has 0 aliphatic heterocycles. The van der Waals surface area contributed by atoms with Gasteiger partial charge in [0.05, 0.1) is 13.2 Å². The first-order valence-corrected chi connectivity index (χ1v) is 9.10. The predicted octanol–water partition coefficient (Wildman–Crippen LogP) is 2.29. The fourth-order valence-corrected chi connectivity index (χ4v) is 2.38. The Hall–Kier alpha value is -2.80. The van der Waals surface area contributed by atoms with Crippen LogP contribution in [0.15, 0.2) is 51.9 Å². The number of benzene rings is 1. The normalized spacial score (nSPS) is 12.6. The minimum Gasteiger partial charge on any atom is -0.454 e. The van der Waals surface area contributed by atoms with Crippen molar-refractivity contribution in [2.24, 2.45) is 16.6 Å². The summed E-state index contributed by atoms with van der Waals surface area (Å²) >= 11 is 0. The highest BCUT2D eigenvalue weighted by molar-refractivity contribution is 5.89. The lowest BCUT2D eigenvalue weighted by molar-refractivity contribution is 0.0931. The van der Waals surface area contributed by atoms with Crippen molar-refractivity contribution in [3.05, 3.63) is 59.5 Å². The van der Waals surface area contributed by atoms with Crippen molar-refractivity contribution in [1.29, 1.82) is 0 Å². The van der Waals surface area contributed by atoms with Crippen molar-refractivity contribution in [3.8, 4) is 0 Å². The molecule has 1 atom stereocenters. The number of furan rings is 1. The molecule has 2 aromatic rings. The fraction of sp³-hybridized carbons (Fsp3) is 0.400. The van der Waals surface area contributed by atoms with Gasteiger partial charge in [0.2, 0.25) is 0 Å². The summed E-state index contributed by atoms with van der Waals surface area (Å²) in [5.74, 6) is 1.15. The number of primary amides is 1. The number of hydrogen-bond donors (Lipinski definition) is 3. The third-order valence-electron chi connectivity index (χ3n) is 3.77. The van der Waals surface area contributed by atoms with Crippen molar-refractivity contribution in [2.75, 3.05) is 19.7 Å². The number of guanidine groups is 1. The maximum Gasteiger partial charge on any atom is 0.284 e. The summed E-state index contributed by atoms with van der Waals surface area (Å²) in [6.07, 6.45) is 0. The van der Waals surface area contributed by atoms with Gasteiger partial charge in [0.1, 0.15) is 12.3 Å². The molecular formula is C20H28N4O3. The molecule has 1 amide bonds. The number of amides is 1. The van der Waals surface area contributed by atoms with Crippen LogP contribution in [0, 0.1) is 5.92 Å². The van der Waals surface area contributed by atoms with Crippen LogP contribution in [0.25, 0.3) is 0 Å². The van der Waals surface area contributed by atoms with Crippen LogP contribution >= 0.6 is 0 Å². The van der Waals surface area contributed by atoms with Gasteiger partial charge in [-0.25, -0.2) is 4.99 Å². The molecule has 0 spiro atoms. The summed E-state index contributed by atoms with van der Waals surface area (Å²) < 4.78 is 11.1. The van der Waals surface area contributed by atoms with Gasteiger partial charge < -0.3 is 25.5 Å². The van der Waals surface area contributed by atoms with Crippen LogP contribution in [-0.2, 0) is 17.9 Å². The van der Waals surface area contributed by atoms with Gasteiger partial charge in [0.25, 0.3) is 5.91 Å². The zero-order chi connectivity index (χ0) is 19.5. The monoisotopic (exact) mass is 372 g/mol. The molecule has 7 nitrogen and oxygen atoms in total. The van der Waals surface area contributed by atoms with Crippen molar-refractivity contribution in [2.45, 2.75) is 27.0 Å². The third kappa shape index (κ3) is 7.53. The molecule has 27 heavy (non-hydrogen) atoms. The largest absolute Gasteiger partial charge is 0.454 e. The van der Waals surface area contributed by atoms with Crippen LogP contribution in [0.1, 0.15) is 35.7 Å². The number of nitrogens with zero attached hydrogens (tertiary/aromatic N) is 1. The highest BCUT2D eigenvalue weighted by atomic mass is 16.5. The Bertz CT molecular complexity index is 728. The highest BCUT2D eigenvalue weighted by Gasteiger charge is 2.08. The molecule has 0 saturated carbocycles. The fourth-order valence-electron chi connectivity index (χ4n) is 2.38. The molecule has 1 heterocycles. The van der Waals surface area contributed by atoms with Crippen LogP contribution in [0.5, 0.6) is 0 Å². The third-order valence-corrected chi connectivity index (χ3v) is 3.77. The number of aliphatic imine (C=N–C) groups is 1. The quantitative estimate of drug-likeness (QED) is 0.439. The molecule has 0 aliphatic carbocycles. The van der Waals surface area contributed by atoms with Gasteiger partial charge >= 0.3 is 0 Å². The molecular weight excluding hydrogens is 344 g/mol. The standard InChI is InChI=1S/C20H28N4O3/c1-3-22-20(24-12-17-9-10-18(27-17)19(21)25)23-11-15(2)13-26-14-16-7-5-4-6-8-16/h4-10,15H,3,11-14H2,1-2H3,(H2,21,25)(H2,22,23,24). The number of ether oxygens (including phenoxy) is 1. The molecule has 0 bridgehead atoms. The van der Waals surface area contributed by atoms with Gasteiger partial charge in [0, 0.05) is 13.1 Å². The van der Waals surface area contributed by atoms with E-state index in [4.69, 9.17) is 14.9 Å². The average Bonchev–Trinajstić information content (AvgIpc) is 3.14. The SMILES string of the molecule is CCNC(=NCc1ccc(C(N)=O)o1)NCC(C)COCc1ccccc1. The number of carbonyl (C=O) groups excluding carboxylic acids is 1. The maximum atomic E-state index is 11.1. The molecule has 0 aliphatic rings. The number of nitrogens with one attached hydrogen (secondary N) is 2. The molecule has 2 rings (SSSR count). The van der Waals surface area contributed by atoms with Crippen LogP contribution < -0.4 is 16.4 Å². The van der Waals surface area contributed by atoms with Crippen molar-refractivity contribution in [3.63, 3.8) is 0 Å². The summed E-state index contributed by atoms with van der Waals surface area (Å²) in [6.45, 7) is 7.18. The van der Waals surface area contributed by atoms with E-state index in [1.165, 1.54) is 5.56 Å². The van der Waals surface area contributed by atoms with Crippen molar-refractivity contribution in [1.82, 2.24) is 10.6 Å². The molecule has 0 radical (unpaired) electrons. The highest BCUT2D eigenvalue weighted by Crippen LogP contribution is 2.08. The molecule has 1 aromatic heterocycles. The zero-order valence-corrected chi connectivity index (χ0v) is 15.9. The summed E-state index contributed by atoms with van der Waals surface area (Å²) in [5, 5.41) is 6.48. The summed E-state index contributed by atoms with van der Waals surface area (Å²) in [7, 11) is 0. The smallest absolute Gasteiger partial charge is 0.284 e. The molecule has 0 saturated heterocycles. The van der Waals surface area contributed by atoms with Crippen LogP contribution in [0.2, 0.25) is 0 Å². The van der Waals surface area contributed by atoms with Gasteiger partial charge in [-0.15, -0.1) is 0 Å². The predicted molar refractivity (Wildman–Crippen MR) is 105 cm³/mol. The topological polar surface area (TPSA) is 102 Å². The zero-order valence-electron chi connectivity index (χ0n) is 15.9. The lowest BCUT2D eigenvalue weighted by Crippen LogP contribution is -2.40. The minimum atomic E-state index is -0.584. The van der Waals surface area contributed by atoms with Gasteiger partial charge in [-0.2, -0.15) is 0 Å².